The molecule has 0 rings (SSSR count). The summed E-state index contributed by atoms with van der Waals surface area (Å²) in [5.41, 5.74) is 0. The smallest absolute Gasteiger partial charge is 1.00 e. The molecular formula is AsCs3O4. The van der Waals surface area contributed by atoms with Crippen molar-refractivity contribution in [2.75, 3.05) is 0 Å². The van der Waals surface area contributed by atoms with E-state index < -0.39 is 14.5 Å². The van der Waals surface area contributed by atoms with Crippen LogP contribution in [0, 0.1) is 0 Å². The van der Waals surface area contributed by atoms with E-state index in [1.807, 2.05) is 0 Å². The zero-order chi connectivity index (χ0) is 4.50. The van der Waals surface area contributed by atoms with Crippen LogP contribution in [0.1, 0.15) is 0 Å². The molecule has 0 aliphatic heterocycles. The van der Waals surface area contributed by atoms with Crippen LogP contribution in [0.25, 0.3) is 0 Å². The third kappa shape index (κ3) is 39.4. The summed E-state index contributed by atoms with van der Waals surface area (Å²) in [4.78, 5) is 0. The minimum atomic E-state index is -5.88. The van der Waals surface area contributed by atoms with Crippen LogP contribution in [0.3, 0.4) is 0 Å². The second-order valence-electron chi connectivity index (χ2n) is 0.447. The summed E-state index contributed by atoms with van der Waals surface area (Å²) in [5, 5.41) is 0. The molecule has 0 fully saturated rings. The monoisotopic (exact) mass is 538 g/mol. The van der Waals surface area contributed by atoms with Crippen molar-refractivity contribution in [3.8, 4) is 0 Å². The Morgan fingerprint density at radius 1 is 0.875 bits per heavy atom. The Morgan fingerprint density at radius 3 is 0.875 bits per heavy atom. The predicted octanol–water partition coefficient (Wildman–Crippen LogP) is -13.1. The van der Waals surface area contributed by atoms with E-state index in [1.54, 1.807) is 0 Å². The molecule has 4 nitrogen and oxygen atoms in total. The van der Waals surface area contributed by atoms with E-state index in [0.717, 1.165) is 0 Å². The van der Waals surface area contributed by atoms with Crippen LogP contribution in [0.4, 0.5) is 0 Å². The van der Waals surface area contributed by atoms with E-state index in [1.165, 1.54) is 0 Å². The van der Waals surface area contributed by atoms with Crippen molar-refractivity contribution in [3.63, 3.8) is 0 Å². The van der Waals surface area contributed by atoms with Crippen LogP contribution in [-0.4, -0.2) is 14.5 Å². The van der Waals surface area contributed by atoms with Crippen molar-refractivity contribution in [2.45, 2.75) is 0 Å². The van der Waals surface area contributed by atoms with Crippen LogP contribution in [-0.2, 0) is 3.74 Å². The Bertz CT molecular complexity index is 57.4. The van der Waals surface area contributed by atoms with Crippen molar-refractivity contribution < 1.29 is 223 Å². The summed E-state index contributed by atoms with van der Waals surface area (Å²) in [6.07, 6.45) is 0. The molecular weight excluding hydrogens is 538 g/mol. The van der Waals surface area contributed by atoms with Crippen molar-refractivity contribution in [1.82, 2.24) is 0 Å². The average Bonchev–Trinajstić information content (AvgIpc) is 0.722. The van der Waals surface area contributed by atoms with Crippen LogP contribution in [0.2, 0.25) is 0 Å². The fourth-order valence-electron chi connectivity index (χ4n) is 0. The molecule has 0 unspecified atom stereocenters. The maximum atomic E-state index is 8.61. The van der Waals surface area contributed by atoms with E-state index in [9.17, 15) is 0 Å². The molecule has 0 aromatic heterocycles. The van der Waals surface area contributed by atoms with Gasteiger partial charge >= 0.3 is 237 Å². The molecule has 0 aromatic carbocycles. The first-order valence-corrected chi connectivity index (χ1v) is 3.79. The molecule has 0 atom stereocenters. The molecule has 8 heavy (non-hydrogen) atoms. The molecule has 0 N–H and O–H groups in total. The second kappa shape index (κ2) is 13.4. The van der Waals surface area contributed by atoms with Crippen LogP contribution in [0.5, 0.6) is 0 Å². The van der Waals surface area contributed by atoms with E-state index >= 15 is 0 Å². The maximum absolute atomic E-state index is 8.61. The van der Waals surface area contributed by atoms with Gasteiger partial charge in [-0.2, -0.15) is 0 Å². The Morgan fingerprint density at radius 2 is 0.875 bits per heavy atom. The van der Waals surface area contributed by atoms with Crippen LogP contribution in [0.15, 0.2) is 0 Å². The van der Waals surface area contributed by atoms with Gasteiger partial charge in [-0.15, -0.1) is 0 Å². The van der Waals surface area contributed by atoms with Gasteiger partial charge in [0.05, 0.1) is 0 Å². The first-order valence-electron chi connectivity index (χ1n) is 0.730. The van der Waals surface area contributed by atoms with Crippen LogP contribution < -0.4 is 219 Å². The first kappa shape index (κ1) is 23.9. The number of hydrogen-bond donors (Lipinski definition) is 0. The topological polar surface area (TPSA) is 86.2 Å². The minimum Gasteiger partial charge on any atom is 1.00 e. The predicted molar refractivity (Wildman–Crippen MR) is 6.44 cm³/mol. The van der Waals surface area contributed by atoms with E-state index in [2.05, 4.69) is 0 Å². The zero-order valence-corrected chi connectivity index (χ0v) is 25.8. The molecule has 0 spiro atoms. The Balaban J connectivity index is -0.0000000267. The van der Waals surface area contributed by atoms with E-state index in [4.69, 9.17) is 16.0 Å². The fraction of sp³-hybridized carbons (Fsp3) is 0. The summed E-state index contributed by atoms with van der Waals surface area (Å²) in [7, 11) is 0. The van der Waals surface area contributed by atoms with Gasteiger partial charge in [0.15, 0.2) is 0 Å². The molecule has 0 saturated carbocycles. The van der Waals surface area contributed by atoms with Gasteiger partial charge in [0.1, 0.15) is 0 Å². The Hall–Kier alpha value is 6.39. The van der Waals surface area contributed by atoms with Gasteiger partial charge in [0, 0.05) is 0 Å². The summed E-state index contributed by atoms with van der Waals surface area (Å²) < 4.78 is 34.4. The summed E-state index contributed by atoms with van der Waals surface area (Å²) >= 11 is -5.88. The molecule has 0 bridgehead atoms. The van der Waals surface area contributed by atoms with Gasteiger partial charge in [-0.25, -0.2) is 0 Å². The van der Waals surface area contributed by atoms with Gasteiger partial charge in [-0.1, -0.05) is 0 Å². The van der Waals surface area contributed by atoms with Gasteiger partial charge in [0.25, 0.3) is 0 Å². The van der Waals surface area contributed by atoms with E-state index in [0.29, 0.717) is 0 Å². The number of rotatable bonds is 0. The first-order chi connectivity index (χ1) is 2.00. The van der Waals surface area contributed by atoms with Crippen molar-refractivity contribution >= 4 is 14.5 Å². The summed E-state index contributed by atoms with van der Waals surface area (Å²) in [6.45, 7) is 0. The molecule has 8 heteroatoms. The molecule has 0 amide bonds. The third-order valence-electron chi connectivity index (χ3n) is 0. The zero-order valence-electron chi connectivity index (χ0n) is 5.08. The normalized spacial score (nSPS) is 7.38. The molecule has 0 aliphatic carbocycles. The average molecular weight is 538 g/mol. The fourth-order valence-corrected chi connectivity index (χ4v) is 0. The molecule has 0 heterocycles. The van der Waals surface area contributed by atoms with Gasteiger partial charge in [0.2, 0.25) is 0 Å². The summed E-state index contributed by atoms with van der Waals surface area (Å²) in [6, 6.07) is 0. The maximum Gasteiger partial charge on any atom is 1.00 e. The van der Waals surface area contributed by atoms with Gasteiger partial charge in [-0.05, 0) is 0 Å². The quantitative estimate of drug-likeness (QED) is 0.288. The SMILES string of the molecule is O=[As]([O-])([O-])[O-].[Cs+].[Cs+].[Cs+]. The standard InChI is InChI=1S/AsH3O4.3Cs/c2-1(3,4)5;;;/h(H3,2,3,4,5);;;/q;3*+1/p-3. The van der Waals surface area contributed by atoms with Gasteiger partial charge in [-0.3, -0.25) is 0 Å². The van der Waals surface area contributed by atoms with Gasteiger partial charge < -0.3 is 0 Å². The van der Waals surface area contributed by atoms with Crippen molar-refractivity contribution in [1.29, 1.82) is 0 Å². The van der Waals surface area contributed by atoms with Crippen molar-refractivity contribution in [3.05, 3.63) is 0 Å². The molecule has 0 radical (unpaired) electrons. The van der Waals surface area contributed by atoms with Crippen LogP contribution >= 0.6 is 0 Å². The second-order valence-corrected chi connectivity index (χ2v) is 2.32. The summed E-state index contributed by atoms with van der Waals surface area (Å²) in [5.74, 6) is 0. The minimum absolute atomic E-state index is 0. The Labute approximate surface area is 227 Å². The van der Waals surface area contributed by atoms with Crippen molar-refractivity contribution in [2.24, 2.45) is 0 Å². The molecule has 0 aliphatic rings. The van der Waals surface area contributed by atoms with E-state index in [-0.39, 0.29) is 207 Å². The largest absolute Gasteiger partial charge is 1.00 e. The molecule has 32 valence electrons. The molecule has 0 saturated heterocycles. The third-order valence-corrected chi connectivity index (χ3v) is 0. The number of hydrogen-bond acceptors (Lipinski definition) is 4. The Kier molecular flexibility index (Phi) is 40.0. The molecule has 0 aromatic rings.